The second-order valence-corrected chi connectivity index (χ2v) is 4.11. The summed E-state index contributed by atoms with van der Waals surface area (Å²) in [4.78, 5) is 34.5. The number of hydrogen-bond donors (Lipinski definition) is 2. The molecule has 2 aromatic carbocycles. The zero-order valence-corrected chi connectivity index (χ0v) is 10.8. The van der Waals surface area contributed by atoms with E-state index in [0.717, 1.165) is 0 Å². The third-order valence-electron chi connectivity index (χ3n) is 2.72. The summed E-state index contributed by atoms with van der Waals surface area (Å²) in [6.45, 7) is 0. The summed E-state index contributed by atoms with van der Waals surface area (Å²) in [5.41, 5.74) is 4.40. The first-order chi connectivity index (χ1) is 10.1. The maximum Gasteiger partial charge on any atom is 0.270 e. The highest BCUT2D eigenvalue weighted by Gasteiger charge is 2.12. The molecule has 2 N–H and O–H groups in total. The Hall–Kier alpha value is -3.15. The third-order valence-corrected chi connectivity index (χ3v) is 2.72. The summed E-state index contributed by atoms with van der Waals surface area (Å²) in [7, 11) is 0. The van der Waals surface area contributed by atoms with E-state index in [1.54, 1.807) is 30.3 Å². The van der Waals surface area contributed by atoms with Crippen molar-refractivity contribution in [3.05, 3.63) is 71.3 Å². The second kappa shape index (κ2) is 6.33. The van der Waals surface area contributed by atoms with Crippen LogP contribution in [0.5, 0.6) is 0 Å². The van der Waals surface area contributed by atoms with Crippen molar-refractivity contribution in [3.8, 4) is 0 Å². The number of carboxylic acid groups (broad SMARTS) is 1. The van der Waals surface area contributed by atoms with Gasteiger partial charge in [-0.2, -0.15) is 0 Å². The van der Waals surface area contributed by atoms with Gasteiger partial charge in [-0.15, -0.1) is 0 Å². The van der Waals surface area contributed by atoms with Gasteiger partial charge in [-0.05, 0) is 18.2 Å². The molecule has 0 radical (unpaired) electrons. The average molecular weight is 283 g/mol. The molecule has 0 atom stereocenters. The number of hydrogen-bond acceptors (Lipinski definition) is 4. The number of rotatable bonds is 3. The largest absolute Gasteiger partial charge is 0.545 e. The topological polar surface area (TPSA) is 98.3 Å². The van der Waals surface area contributed by atoms with Gasteiger partial charge in [0.05, 0.1) is 11.5 Å². The molecule has 21 heavy (non-hydrogen) atoms. The van der Waals surface area contributed by atoms with Crippen LogP contribution in [-0.4, -0.2) is 17.8 Å². The van der Waals surface area contributed by atoms with Crippen LogP contribution in [0.4, 0.5) is 0 Å². The van der Waals surface area contributed by atoms with Crippen molar-refractivity contribution < 1.29 is 19.5 Å². The minimum Gasteiger partial charge on any atom is -0.545 e. The monoisotopic (exact) mass is 283 g/mol. The summed E-state index contributed by atoms with van der Waals surface area (Å²) in [6, 6.07) is 13.9. The maximum atomic E-state index is 11.9. The average Bonchev–Trinajstić information content (AvgIpc) is 2.53. The standard InChI is InChI=1S/C15H12N2O4/c18-13(10-6-2-1-3-7-10)16-17-14(19)11-8-4-5-9-12(11)15(20)21/h1-9H,(H,16,18)(H,17,19)(H,20,21)/p-1. The van der Waals surface area contributed by atoms with Crippen LogP contribution in [0.15, 0.2) is 54.6 Å². The number of amides is 2. The minimum absolute atomic E-state index is 0.0918. The van der Waals surface area contributed by atoms with Gasteiger partial charge in [0.1, 0.15) is 0 Å². The molecule has 0 saturated heterocycles. The molecular weight excluding hydrogens is 272 g/mol. The van der Waals surface area contributed by atoms with Crippen molar-refractivity contribution >= 4 is 17.8 Å². The van der Waals surface area contributed by atoms with Crippen LogP contribution in [0.1, 0.15) is 31.1 Å². The predicted molar refractivity (Wildman–Crippen MR) is 72.1 cm³/mol. The van der Waals surface area contributed by atoms with Gasteiger partial charge in [-0.25, -0.2) is 0 Å². The van der Waals surface area contributed by atoms with E-state index >= 15 is 0 Å². The normalized spacial score (nSPS) is 9.71. The van der Waals surface area contributed by atoms with Gasteiger partial charge in [0.2, 0.25) is 0 Å². The Kier molecular flexibility index (Phi) is 4.30. The molecule has 106 valence electrons. The molecule has 0 aliphatic heterocycles. The lowest BCUT2D eigenvalue weighted by molar-refractivity contribution is -0.255. The molecule has 2 rings (SSSR count). The molecule has 2 amide bonds. The van der Waals surface area contributed by atoms with Gasteiger partial charge in [0.15, 0.2) is 0 Å². The van der Waals surface area contributed by atoms with Gasteiger partial charge in [0.25, 0.3) is 11.8 Å². The number of aromatic carboxylic acids is 1. The van der Waals surface area contributed by atoms with E-state index in [-0.39, 0.29) is 11.1 Å². The maximum absolute atomic E-state index is 11.9. The highest BCUT2D eigenvalue weighted by molar-refractivity contribution is 6.05. The fourth-order valence-electron chi connectivity index (χ4n) is 1.70. The molecule has 0 bridgehead atoms. The van der Waals surface area contributed by atoms with Gasteiger partial charge >= 0.3 is 0 Å². The number of benzene rings is 2. The van der Waals surface area contributed by atoms with Gasteiger partial charge in [-0.1, -0.05) is 36.4 Å². The van der Waals surface area contributed by atoms with Crippen molar-refractivity contribution in [2.75, 3.05) is 0 Å². The molecule has 6 heteroatoms. The van der Waals surface area contributed by atoms with E-state index in [1.807, 2.05) is 0 Å². The molecule has 6 nitrogen and oxygen atoms in total. The smallest absolute Gasteiger partial charge is 0.270 e. The summed E-state index contributed by atoms with van der Waals surface area (Å²) in [5, 5.41) is 10.9. The number of carbonyl (C=O) groups excluding carboxylic acids is 3. The van der Waals surface area contributed by atoms with Crippen LogP contribution in [0.25, 0.3) is 0 Å². The number of hydrazine groups is 1. The minimum atomic E-state index is -1.46. The first-order valence-corrected chi connectivity index (χ1v) is 6.05. The molecule has 0 saturated carbocycles. The summed E-state index contributed by atoms with van der Waals surface area (Å²) < 4.78 is 0. The molecule has 0 unspecified atom stereocenters. The molecule has 0 aliphatic rings. The summed E-state index contributed by atoms with van der Waals surface area (Å²) in [5.74, 6) is -2.70. The number of carbonyl (C=O) groups is 3. The lowest BCUT2D eigenvalue weighted by atomic mass is 10.1. The fraction of sp³-hybridized carbons (Fsp3) is 0. The van der Waals surface area contributed by atoms with Crippen LogP contribution in [-0.2, 0) is 0 Å². The van der Waals surface area contributed by atoms with E-state index < -0.39 is 17.8 Å². The van der Waals surface area contributed by atoms with Crippen molar-refractivity contribution in [2.45, 2.75) is 0 Å². The highest BCUT2D eigenvalue weighted by atomic mass is 16.4. The van der Waals surface area contributed by atoms with E-state index in [9.17, 15) is 19.5 Å². The first-order valence-electron chi connectivity index (χ1n) is 6.05. The van der Waals surface area contributed by atoms with Crippen LogP contribution in [0.2, 0.25) is 0 Å². The van der Waals surface area contributed by atoms with Crippen LogP contribution >= 0.6 is 0 Å². The van der Waals surface area contributed by atoms with Gasteiger partial charge in [0, 0.05) is 11.1 Å². The third kappa shape index (κ3) is 3.44. The molecule has 0 heterocycles. The van der Waals surface area contributed by atoms with Crippen molar-refractivity contribution in [1.29, 1.82) is 0 Å². The van der Waals surface area contributed by atoms with E-state index in [4.69, 9.17) is 0 Å². The Morgan fingerprint density at radius 1 is 0.714 bits per heavy atom. The zero-order chi connectivity index (χ0) is 15.2. The van der Waals surface area contributed by atoms with Crippen LogP contribution in [0, 0.1) is 0 Å². The number of carboxylic acids is 1. The SMILES string of the molecule is O=C(NNC(=O)c1ccccc1C(=O)[O-])c1ccccc1. The fourth-order valence-corrected chi connectivity index (χ4v) is 1.70. The lowest BCUT2D eigenvalue weighted by Crippen LogP contribution is -2.42. The molecule has 0 aromatic heterocycles. The predicted octanol–water partition coefficient (Wildman–Crippen LogP) is 0.125. The van der Waals surface area contributed by atoms with Crippen molar-refractivity contribution in [3.63, 3.8) is 0 Å². The molecule has 0 fully saturated rings. The first kappa shape index (κ1) is 14.3. The van der Waals surface area contributed by atoms with Crippen LogP contribution < -0.4 is 16.0 Å². The van der Waals surface area contributed by atoms with Gasteiger partial charge < -0.3 is 9.90 Å². The summed E-state index contributed by atoms with van der Waals surface area (Å²) >= 11 is 0. The van der Waals surface area contributed by atoms with Gasteiger partial charge in [-0.3, -0.25) is 20.4 Å². The Balaban J connectivity index is 2.06. The molecule has 0 spiro atoms. The molecule has 2 aromatic rings. The van der Waals surface area contributed by atoms with Crippen molar-refractivity contribution in [1.82, 2.24) is 10.9 Å². The quantitative estimate of drug-likeness (QED) is 0.782. The van der Waals surface area contributed by atoms with E-state index in [1.165, 1.54) is 24.3 Å². The second-order valence-electron chi connectivity index (χ2n) is 4.11. The van der Waals surface area contributed by atoms with E-state index in [0.29, 0.717) is 5.56 Å². The number of nitrogens with one attached hydrogen (secondary N) is 2. The molecular formula is C15H11N2O4-. The summed E-state index contributed by atoms with van der Waals surface area (Å²) in [6.07, 6.45) is 0. The van der Waals surface area contributed by atoms with E-state index in [2.05, 4.69) is 10.9 Å². The van der Waals surface area contributed by atoms with Crippen LogP contribution in [0.3, 0.4) is 0 Å². The Morgan fingerprint density at radius 2 is 1.24 bits per heavy atom. The highest BCUT2D eigenvalue weighted by Crippen LogP contribution is 2.07. The Morgan fingerprint density at radius 3 is 1.86 bits per heavy atom. The Bertz CT molecular complexity index is 683. The Labute approximate surface area is 120 Å². The molecule has 0 aliphatic carbocycles. The zero-order valence-electron chi connectivity index (χ0n) is 10.8. The van der Waals surface area contributed by atoms with Crippen molar-refractivity contribution in [2.24, 2.45) is 0 Å². The lowest BCUT2D eigenvalue weighted by Gasteiger charge is -2.11.